The Hall–Kier alpha value is -1.55. The molecule has 0 bridgehead atoms. The van der Waals surface area contributed by atoms with Gasteiger partial charge in [-0.25, -0.2) is 0 Å². The lowest BCUT2D eigenvalue weighted by Crippen LogP contribution is -2.32. The monoisotopic (exact) mass is 282 g/mol. The van der Waals surface area contributed by atoms with Crippen LogP contribution in [-0.2, 0) is 9.59 Å². The van der Waals surface area contributed by atoms with Crippen molar-refractivity contribution < 1.29 is 9.59 Å². The number of hydrogen-bond acceptors (Lipinski definition) is 2. The summed E-state index contributed by atoms with van der Waals surface area (Å²) in [5.41, 5.74) is 2.97. The van der Waals surface area contributed by atoms with E-state index in [-0.39, 0.29) is 24.8 Å². The molecule has 0 aromatic heterocycles. The Morgan fingerprint density at radius 1 is 1.32 bits per heavy atom. The van der Waals surface area contributed by atoms with Gasteiger partial charge in [-0.15, -0.1) is 11.6 Å². The molecule has 104 valence electrons. The third kappa shape index (κ3) is 5.30. The summed E-state index contributed by atoms with van der Waals surface area (Å²) < 4.78 is 0. The van der Waals surface area contributed by atoms with Gasteiger partial charge in [0.25, 0.3) is 0 Å². The van der Waals surface area contributed by atoms with Crippen LogP contribution in [0.4, 0.5) is 5.69 Å². The van der Waals surface area contributed by atoms with Crippen LogP contribution in [0.1, 0.15) is 24.5 Å². The Labute approximate surface area is 118 Å². The van der Waals surface area contributed by atoms with E-state index >= 15 is 0 Å². The first-order valence-electron chi connectivity index (χ1n) is 6.19. The van der Waals surface area contributed by atoms with Crippen molar-refractivity contribution in [1.82, 2.24) is 5.32 Å². The van der Waals surface area contributed by atoms with Crippen LogP contribution in [0.2, 0.25) is 0 Å². The standard InChI is InChI=1S/C14H19ClN2O2/c1-9-4-5-12(10(2)8-9)17-13(18)6-7-16-14(19)11(3)15/h4-5,8,11H,6-7H2,1-3H3,(H,16,19)(H,17,18). The summed E-state index contributed by atoms with van der Waals surface area (Å²) in [7, 11) is 0. The lowest BCUT2D eigenvalue weighted by atomic mass is 10.1. The molecule has 5 heteroatoms. The van der Waals surface area contributed by atoms with E-state index in [1.165, 1.54) is 0 Å². The highest BCUT2D eigenvalue weighted by Gasteiger charge is 2.09. The van der Waals surface area contributed by atoms with Gasteiger partial charge < -0.3 is 10.6 Å². The summed E-state index contributed by atoms with van der Waals surface area (Å²) in [6, 6.07) is 5.83. The van der Waals surface area contributed by atoms with Gasteiger partial charge in [0.2, 0.25) is 11.8 Å². The summed E-state index contributed by atoms with van der Waals surface area (Å²) in [5.74, 6) is -0.393. The molecule has 0 aliphatic heterocycles. The largest absolute Gasteiger partial charge is 0.354 e. The van der Waals surface area contributed by atoms with Crippen LogP contribution in [-0.4, -0.2) is 23.7 Å². The van der Waals surface area contributed by atoms with Crippen LogP contribution in [0.5, 0.6) is 0 Å². The lowest BCUT2D eigenvalue weighted by molar-refractivity contribution is -0.120. The van der Waals surface area contributed by atoms with Gasteiger partial charge in [-0.1, -0.05) is 17.7 Å². The van der Waals surface area contributed by atoms with Gasteiger partial charge >= 0.3 is 0 Å². The number of carbonyl (C=O) groups excluding carboxylic acids is 2. The van der Waals surface area contributed by atoms with Crippen LogP contribution in [0.25, 0.3) is 0 Å². The number of carbonyl (C=O) groups is 2. The highest BCUT2D eigenvalue weighted by molar-refractivity contribution is 6.30. The molecule has 0 saturated heterocycles. The van der Waals surface area contributed by atoms with E-state index in [1.807, 2.05) is 32.0 Å². The third-order valence-electron chi connectivity index (χ3n) is 2.67. The van der Waals surface area contributed by atoms with Crippen molar-refractivity contribution in [1.29, 1.82) is 0 Å². The highest BCUT2D eigenvalue weighted by Crippen LogP contribution is 2.15. The maximum Gasteiger partial charge on any atom is 0.237 e. The van der Waals surface area contributed by atoms with E-state index in [1.54, 1.807) is 6.92 Å². The zero-order valence-corrected chi connectivity index (χ0v) is 12.2. The number of rotatable bonds is 5. The molecule has 0 aliphatic carbocycles. The smallest absolute Gasteiger partial charge is 0.237 e. The second kappa shape index (κ2) is 7.14. The Bertz CT molecular complexity index is 473. The van der Waals surface area contributed by atoms with Crippen LogP contribution >= 0.6 is 11.6 Å². The number of alkyl halides is 1. The summed E-state index contributed by atoms with van der Waals surface area (Å²) in [6.45, 7) is 5.82. The number of aryl methyl sites for hydroxylation is 2. The molecule has 2 N–H and O–H groups in total. The quantitative estimate of drug-likeness (QED) is 0.815. The molecule has 2 amide bonds. The Balaban J connectivity index is 2.41. The Morgan fingerprint density at radius 2 is 2.00 bits per heavy atom. The molecule has 0 aliphatic rings. The van der Waals surface area contributed by atoms with Crippen LogP contribution in [0.15, 0.2) is 18.2 Å². The van der Waals surface area contributed by atoms with Gasteiger partial charge in [0.1, 0.15) is 5.38 Å². The molecule has 1 rings (SSSR count). The maximum atomic E-state index is 11.7. The summed E-state index contributed by atoms with van der Waals surface area (Å²) >= 11 is 5.60. The highest BCUT2D eigenvalue weighted by atomic mass is 35.5. The predicted molar refractivity (Wildman–Crippen MR) is 77.5 cm³/mol. The molecule has 1 unspecified atom stereocenters. The number of nitrogens with one attached hydrogen (secondary N) is 2. The number of benzene rings is 1. The normalized spacial score (nSPS) is 11.8. The molecular formula is C14H19ClN2O2. The molecule has 1 aromatic rings. The van der Waals surface area contributed by atoms with Crippen LogP contribution in [0, 0.1) is 13.8 Å². The van der Waals surface area contributed by atoms with Gasteiger partial charge in [0, 0.05) is 18.7 Å². The molecular weight excluding hydrogens is 264 g/mol. The number of hydrogen-bond donors (Lipinski definition) is 2. The predicted octanol–water partition coefficient (Wildman–Crippen LogP) is 2.38. The van der Waals surface area contributed by atoms with E-state index in [9.17, 15) is 9.59 Å². The average Bonchev–Trinajstić information content (AvgIpc) is 2.32. The van der Waals surface area contributed by atoms with Crippen molar-refractivity contribution in [3.05, 3.63) is 29.3 Å². The van der Waals surface area contributed by atoms with E-state index in [0.717, 1.165) is 16.8 Å². The summed E-state index contributed by atoms with van der Waals surface area (Å²) in [5, 5.41) is 4.83. The minimum absolute atomic E-state index is 0.130. The van der Waals surface area contributed by atoms with E-state index in [2.05, 4.69) is 10.6 Å². The molecule has 1 aromatic carbocycles. The second-order valence-electron chi connectivity index (χ2n) is 4.52. The molecule has 0 saturated carbocycles. The van der Waals surface area contributed by atoms with E-state index in [0.29, 0.717) is 0 Å². The zero-order chi connectivity index (χ0) is 14.4. The minimum Gasteiger partial charge on any atom is -0.354 e. The fourth-order valence-electron chi connectivity index (χ4n) is 1.61. The van der Waals surface area contributed by atoms with Gasteiger partial charge in [-0.3, -0.25) is 9.59 Å². The van der Waals surface area contributed by atoms with Crippen LogP contribution < -0.4 is 10.6 Å². The number of halogens is 1. The molecule has 4 nitrogen and oxygen atoms in total. The maximum absolute atomic E-state index is 11.7. The van der Waals surface area contributed by atoms with E-state index in [4.69, 9.17) is 11.6 Å². The topological polar surface area (TPSA) is 58.2 Å². The van der Waals surface area contributed by atoms with Crippen molar-refractivity contribution in [2.45, 2.75) is 32.6 Å². The number of anilines is 1. The molecule has 1 atom stereocenters. The Kier molecular flexibility index (Phi) is 5.83. The first kappa shape index (κ1) is 15.5. The van der Waals surface area contributed by atoms with Crippen LogP contribution in [0.3, 0.4) is 0 Å². The van der Waals surface area contributed by atoms with Crippen molar-refractivity contribution in [2.24, 2.45) is 0 Å². The fraction of sp³-hybridized carbons (Fsp3) is 0.429. The van der Waals surface area contributed by atoms with Gasteiger partial charge in [-0.05, 0) is 32.4 Å². The number of amides is 2. The SMILES string of the molecule is Cc1ccc(NC(=O)CCNC(=O)C(C)Cl)c(C)c1. The van der Waals surface area contributed by atoms with Crippen molar-refractivity contribution in [2.75, 3.05) is 11.9 Å². The molecule has 0 heterocycles. The summed E-state index contributed by atoms with van der Waals surface area (Å²) in [4.78, 5) is 22.9. The lowest BCUT2D eigenvalue weighted by Gasteiger charge is -2.10. The molecule has 0 spiro atoms. The van der Waals surface area contributed by atoms with Gasteiger partial charge in [0.15, 0.2) is 0 Å². The zero-order valence-electron chi connectivity index (χ0n) is 11.4. The first-order valence-corrected chi connectivity index (χ1v) is 6.62. The fourth-order valence-corrected chi connectivity index (χ4v) is 1.68. The summed E-state index contributed by atoms with van der Waals surface area (Å²) in [6.07, 6.45) is 0.225. The molecule has 0 radical (unpaired) electrons. The van der Waals surface area contributed by atoms with Crippen molar-refractivity contribution in [3.8, 4) is 0 Å². The second-order valence-corrected chi connectivity index (χ2v) is 5.18. The van der Waals surface area contributed by atoms with Crippen molar-refractivity contribution >= 4 is 29.1 Å². The van der Waals surface area contributed by atoms with Gasteiger partial charge in [-0.2, -0.15) is 0 Å². The minimum atomic E-state index is -0.581. The average molecular weight is 283 g/mol. The van der Waals surface area contributed by atoms with Crippen molar-refractivity contribution in [3.63, 3.8) is 0 Å². The Morgan fingerprint density at radius 3 is 2.58 bits per heavy atom. The third-order valence-corrected chi connectivity index (χ3v) is 2.87. The van der Waals surface area contributed by atoms with E-state index < -0.39 is 5.38 Å². The molecule has 19 heavy (non-hydrogen) atoms. The molecule has 0 fully saturated rings. The van der Waals surface area contributed by atoms with Gasteiger partial charge in [0.05, 0.1) is 0 Å². The first-order chi connectivity index (χ1) is 8.90.